The number of methoxy groups -OCH3 is 1. The number of likely N-dealkylation sites (tertiary alicyclic amines) is 1. The van der Waals surface area contributed by atoms with Crippen molar-refractivity contribution in [3.8, 4) is 0 Å². The fraction of sp³-hybridized carbons (Fsp3) is 0.611. The van der Waals surface area contributed by atoms with Gasteiger partial charge in [-0.15, -0.1) is 0 Å². The van der Waals surface area contributed by atoms with Crippen molar-refractivity contribution in [1.82, 2.24) is 4.90 Å². The summed E-state index contributed by atoms with van der Waals surface area (Å²) in [6, 6.07) is 10.6. The van der Waals surface area contributed by atoms with Gasteiger partial charge in [0.1, 0.15) is 0 Å². The summed E-state index contributed by atoms with van der Waals surface area (Å²) < 4.78 is 5.65. The van der Waals surface area contributed by atoms with Gasteiger partial charge in [-0.05, 0) is 31.2 Å². The molecule has 1 aromatic rings. The Hall–Kier alpha value is -1.35. The van der Waals surface area contributed by atoms with E-state index >= 15 is 0 Å². The second kappa shape index (κ2) is 6.61. The molecule has 2 aliphatic rings. The minimum atomic E-state index is 0.176. The Morgan fingerprint density at radius 3 is 2.57 bits per heavy atom. The number of hydrogen-bond acceptors (Lipinski definition) is 2. The van der Waals surface area contributed by atoms with Crippen LogP contribution < -0.4 is 0 Å². The zero-order valence-electron chi connectivity index (χ0n) is 12.8. The highest BCUT2D eigenvalue weighted by atomic mass is 16.5. The summed E-state index contributed by atoms with van der Waals surface area (Å²) in [6.45, 7) is 0.853. The molecule has 0 unspecified atom stereocenters. The Labute approximate surface area is 127 Å². The summed E-state index contributed by atoms with van der Waals surface area (Å²) in [6.07, 6.45) is 6.61. The Balaban J connectivity index is 1.74. The van der Waals surface area contributed by atoms with E-state index in [9.17, 15) is 4.79 Å². The van der Waals surface area contributed by atoms with E-state index in [4.69, 9.17) is 4.74 Å². The number of carbonyl (C=O) groups is 1. The molecule has 3 heteroatoms. The largest absolute Gasteiger partial charge is 0.379 e. The summed E-state index contributed by atoms with van der Waals surface area (Å²) in [5.74, 6) is 0.631. The van der Waals surface area contributed by atoms with Crippen LogP contribution in [0.25, 0.3) is 0 Å². The number of carbonyl (C=O) groups excluding carboxylic acids is 1. The van der Waals surface area contributed by atoms with Crippen molar-refractivity contribution in [2.24, 2.45) is 5.92 Å². The average molecular weight is 287 g/mol. The molecule has 2 atom stereocenters. The topological polar surface area (TPSA) is 29.5 Å². The molecule has 2 fully saturated rings. The number of benzene rings is 1. The second-order valence-corrected chi connectivity index (χ2v) is 6.33. The zero-order valence-corrected chi connectivity index (χ0v) is 12.8. The predicted octanol–water partition coefficient (Wildman–Crippen LogP) is 3.04. The lowest BCUT2D eigenvalue weighted by molar-refractivity contribution is -0.137. The van der Waals surface area contributed by atoms with Gasteiger partial charge in [0.2, 0.25) is 5.91 Å². The van der Waals surface area contributed by atoms with Crippen molar-refractivity contribution in [1.29, 1.82) is 0 Å². The average Bonchev–Trinajstić information content (AvgIpc) is 3.17. The van der Waals surface area contributed by atoms with Crippen LogP contribution in [0.4, 0.5) is 0 Å². The van der Waals surface area contributed by atoms with Crippen LogP contribution in [0.2, 0.25) is 0 Å². The molecule has 114 valence electrons. The third-order valence-corrected chi connectivity index (χ3v) is 5.06. The Morgan fingerprint density at radius 2 is 1.90 bits per heavy atom. The Kier molecular flexibility index (Phi) is 4.59. The van der Waals surface area contributed by atoms with Gasteiger partial charge in [-0.25, -0.2) is 0 Å². The van der Waals surface area contributed by atoms with Gasteiger partial charge < -0.3 is 9.64 Å². The van der Waals surface area contributed by atoms with Crippen molar-refractivity contribution < 1.29 is 9.53 Å². The third kappa shape index (κ3) is 3.13. The Morgan fingerprint density at radius 1 is 1.19 bits per heavy atom. The molecule has 21 heavy (non-hydrogen) atoms. The van der Waals surface area contributed by atoms with Crippen LogP contribution in [-0.2, 0) is 16.0 Å². The normalized spacial score (nSPS) is 26.4. The first-order chi connectivity index (χ1) is 10.3. The first-order valence-electron chi connectivity index (χ1n) is 8.17. The van der Waals surface area contributed by atoms with Crippen molar-refractivity contribution in [3.63, 3.8) is 0 Å². The van der Waals surface area contributed by atoms with Crippen molar-refractivity contribution in [3.05, 3.63) is 35.9 Å². The Bertz CT molecular complexity index is 467. The van der Waals surface area contributed by atoms with E-state index in [2.05, 4.69) is 29.2 Å². The molecule has 1 saturated heterocycles. The van der Waals surface area contributed by atoms with Crippen LogP contribution in [0, 0.1) is 5.92 Å². The van der Waals surface area contributed by atoms with Crippen molar-refractivity contribution in [2.75, 3.05) is 13.7 Å². The standard InChI is InChI=1S/C18H25NO2/c1-21-17-11-12-19(18(20)15-9-5-6-10-15)16(17)13-14-7-3-2-4-8-14/h2-4,7-8,15-17H,5-6,9-13H2,1H3/t16-,17+/m0/s1. The number of ether oxygens (including phenoxy) is 1. The van der Waals surface area contributed by atoms with Crippen LogP contribution in [0.3, 0.4) is 0 Å². The van der Waals surface area contributed by atoms with Crippen molar-refractivity contribution >= 4 is 5.91 Å². The number of rotatable bonds is 4. The first-order valence-corrected chi connectivity index (χ1v) is 8.17. The van der Waals surface area contributed by atoms with Crippen LogP contribution in [0.5, 0.6) is 0 Å². The summed E-state index contributed by atoms with van der Waals surface area (Å²) in [4.78, 5) is 14.9. The molecule has 1 heterocycles. The fourth-order valence-corrected chi connectivity index (χ4v) is 3.88. The lowest BCUT2D eigenvalue weighted by Crippen LogP contribution is -2.44. The third-order valence-electron chi connectivity index (χ3n) is 5.06. The van der Waals surface area contributed by atoms with E-state index in [-0.39, 0.29) is 18.1 Å². The SMILES string of the molecule is CO[C@@H]1CCN(C(=O)C2CCCC2)[C@H]1Cc1ccccc1. The summed E-state index contributed by atoms with van der Waals surface area (Å²) >= 11 is 0. The molecule has 0 bridgehead atoms. The van der Waals surface area contributed by atoms with Crippen LogP contribution >= 0.6 is 0 Å². The maximum absolute atomic E-state index is 12.8. The van der Waals surface area contributed by atoms with E-state index in [1.54, 1.807) is 7.11 Å². The summed E-state index contributed by atoms with van der Waals surface area (Å²) in [7, 11) is 1.77. The summed E-state index contributed by atoms with van der Waals surface area (Å²) in [5.41, 5.74) is 1.29. The van der Waals surface area contributed by atoms with Gasteiger partial charge in [-0.3, -0.25) is 4.79 Å². The van der Waals surface area contributed by atoms with E-state index in [0.29, 0.717) is 5.91 Å². The first kappa shape index (κ1) is 14.6. The molecule has 1 aliphatic heterocycles. The molecule has 3 nitrogen and oxygen atoms in total. The zero-order chi connectivity index (χ0) is 14.7. The number of amides is 1. The molecule has 0 radical (unpaired) electrons. The van der Waals surface area contributed by atoms with Crippen molar-refractivity contribution in [2.45, 2.75) is 50.7 Å². The number of nitrogens with zero attached hydrogens (tertiary/aromatic N) is 1. The molecule has 1 saturated carbocycles. The van der Waals surface area contributed by atoms with Gasteiger partial charge in [0.15, 0.2) is 0 Å². The van der Waals surface area contributed by atoms with Crippen LogP contribution in [0.15, 0.2) is 30.3 Å². The lowest BCUT2D eigenvalue weighted by Gasteiger charge is -2.30. The quantitative estimate of drug-likeness (QED) is 0.852. The van der Waals surface area contributed by atoms with Gasteiger partial charge in [0, 0.05) is 19.6 Å². The molecule has 1 aromatic carbocycles. The van der Waals surface area contributed by atoms with E-state index in [1.807, 2.05) is 6.07 Å². The minimum Gasteiger partial charge on any atom is -0.379 e. The highest BCUT2D eigenvalue weighted by molar-refractivity contribution is 5.79. The van der Waals surface area contributed by atoms with Gasteiger partial charge in [-0.2, -0.15) is 0 Å². The molecular weight excluding hydrogens is 262 g/mol. The van der Waals surface area contributed by atoms with Gasteiger partial charge in [-0.1, -0.05) is 43.2 Å². The highest BCUT2D eigenvalue weighted by Crippen LogP contribution is 2.31. The van der Waals surface area contributed by atoms with Gasteiger partial charge in [0.05, 0.1) is 12.1 Å². The monoisotopic (exact) mass is 287 g/mol. The molecule has 1 amide bonds. The van der Waals surface area contributed by atoms with E-state index < -0.39 is 0 Å². The lowest BCUT2D eigenvalue weighted by atomic mass is 10.00. The molecule has 1 aliphatic carbocycles. The molecule has 0 spiro atoms. The molecule has 0 aromatic heterocycles. The summed E-state index contributed by atoms with van der Waals surface area (Å²) in [5, 5.41) is 0. The van der Waals surface area contributed by atoms with E-state index in [1.165, 1.54) is 18.4 Å². The van der Waals surface area contributed by atoms with E-state index in [0.717, 1.165) is 32.2 Å². The smallest absolute Gasteiger partial charge is 0.226 e. The second-order valence-electron chi connectivity index (χ2n) is 6.33. The maximum Gasteiger partial charge on any atom is 0.226 e. The van der Waals surface area contributed by atoms with Gasteiger partial charge >= 0.3 is 0 Å². The predicted molar refractivity (Wildman–Crippen MR) is 83.0 cm³/mol. The highest BCUT2D eigenvalue weighted by Gasteiger charge is 2.39. The molecular formula is C18H25NO2. The van der Waals surface area contributed by atoms with Crippen LogP contribution in [-0.4, -0.2) is 36.6 Å². The maximum atomic E-state index is 12.8. The van der Waals surface area contributed by atoms with Gasteiger partial charge in [0.25, 0.3) is 0 Å². The number of hydrogen-bond donors (Lipinski definition) is 0. The van der Waals surface area contributed by atoms with Crippen LogP contribution in [0.1, 0.15) is 37.7 Å². The molecule has 0 N–H and O–H groups in total. The minimum absolute atomic E-state index is 0.176. The molecule has 3 rings (SSSR count). The fourth-order valence-electron chi connectivity index (χ4n) is 3.88.